The van der Waals surface area contributed by atoms with Gasteiger partial charge in [0.2, 0.25) is 0 Å². The first kappa shape index (κ1) is 22.1. The van der Waals surface area contributed by atoms with E-state index >= 15 is 0 Å². The molecule has 4 rings (SSSR count). The van der Waals surface area contributed by atoms with Crippen LogP contribution in [0.2, 0.25) is 0 Å². The number of aliphatic imine (C=N–C) groups is 1. The highest BCUT2D eigenvalue weighted by Crippen LogP contribution is 2.40. The lowest BCUT2D eigenvalue weighted by molar-refractivity contribution is -0.258. The maximum Gasteiger partial charge on any atom is 0.421 e. The molecule has 168 valence electrons. The number of hydrogen-bond acceptors (Lipinski definition) is 3. The Morgan fingerprint density at radius 1 is 1.03 bits per heavy atom. The minimum atomic E-state index is -4.78. The molecule has 0 aromatic heterocycles. The van der Waals surface area contributed by atoms with Crippen LogP contribution < -0.4 is 0 Å². The van der Waals surface area contributed by atoms with Crippen LogP contribution in [0.1, 0.15) is 67.8 Å². The Labute approximate surface area is 180 Å². The summed E-state index contributed by atoms with van der Waals surface area (Å²) in [6, 6.07) is 5.95. The molecule has 2 atom stereocenters. The molecule has 2 aliphatic carbocycles. The molecule has 1 aliphatic heterocycles. The van der Waals surface area contributed by atoms with E-state index in [1.807, 2.05) is 17.2 Å². The molecule has 1 amide bonds. The largest absolute Gasteiger partial charge is 0.421 e. The van der Waals surface area contributed by atoms with Gasteiger partial charge in [0.05, 0.1) is 6.04 Å². The summed E-state index contributed by atoms with van der Waals surface area (Å²) in [5.41, 5.74) is -2.84. The number of carbonyl (C=O) groups excluding carboxylic acids is 1. The van der Waals surface area contributed by atoms with Gasteiger partial charge in [-0.15, -0.1) is 0 Å². The van der Waals surface area contributed by atoms with Gasteiger partial charge in [0, 0.05) is 23.9 Å². The third-order valence-electron chi connectivity index (χ3n) is 6.98. The molecular weight excluding hydrogens is 405 g/mol. The van der Waals surface area contributed by atoms with Crippen molar-refractivity contribution >= 4 is 12.1 Å². The summed E-state index contributed by atoms with van der Waals surface area (Å²) in [6.45, 7) is 0.727. The van der Waals surface area contributed by atoms with E-state index in [0.717, 1.165) is 51.9 Å². The quantitative estimate of drug-likeness (QED) is 0.708. The molecule has 2 fully saturated rings. The van der Waals surface area contributed by atoms with Crippen LogP contribution in [0.3, 0.4) is 0 Å². The van der Waals surface area contributed by atoms with Crippen molar-refractivity contribution in [3.8, 4) is 0 Å². The van der Waals surface area contributed by atoms with Gasteiger partial charge in [-0.2, -0.15) is 13.2 Å². The average Bonchev–Trinajstić information content (AvgIpc) is 3.59. The van der Waals surface area contributed by atoms with E-state index in [0.29, 0.717) is 17.5 Å². The summed E-state index contributed by atoms with van der Waals surface area (Å²) in [6.07, 6.45) is 8.09. The number of alkyl halides is 3. The molecule has 1 N–H and O–H groups in total. The third-order valence-corrected chi connectivity index (χ3v) is 6.98. The minimum absolute atomic E-state index is 0.122. The molecule has 1 aromatic rings. The Hall–Kier alpha value is -2.15. The molecule has 3 aliphatic rings. The molecule has 2 saturated carbocycles. The molecule has 0 spiro atoms. The number of aliphatic hydroxyl groups is 1. The van der Waals surface area contributed by atoms with E-state index in [1.165, 1.54) is 24.3 Å². The second-order valence-corrected chi connectivity index (χ2v) is 9.19. The Balaban J connectivity index is 1.44. The van der Waals surface area contributed by atoms with Gasteiger partial charge < -0.3 is 10.0 Å². The van der Waals surface area contributed by atoms with E-state index in [9.17, 15) is 23.1 Å². The van der Waals surface area contributed by atoms with Gasteiger partial charge in [-0.3, -0.25) is 9.79 Å². The number of allylic oxidation sites excluding steroid dienone is 1. The fourth-order valence-electron chi connectivity index (χ4n) is 4.81. The van der Waals surface area contributed by atoms with Crippen molar-refractivity contribution in [1.29, 1.82) is 0 Å². The Morgan fingerprint density at radius 3 is 2.10 bits per heavy atom. The van der Waals surface area contributed by atoms with Crippen LogP contribution >= 0.6 is 0 Å². The lowest BCUT2D eigenvalue weighted by Gasteiger charge is -2.39. The van der Waals surface area contributed by atoms with Crippen LogP contribution in [-0.2, 0) is 5.60 Å². The summed E-state index contributed by atoms with van der Waals surface area (Å²) in [5.74, 6) is 0.417. The summed E-state index contributed by atoms with van der Waals surface area (Å²) in [5, 5.41) is 9.86. The van der Waals surface area contributed by atoms with Crippen LogP contribution in [0.15, 0.2) is 41.4 Å². The first-order valence-corrected chi connectivity index (χ1v) is 11.1. The van der Waals surface area contributed by atoms with Crippen molar-refractivity contribution in [2.24, 2.45) is 10.9 Å². The van der Waals surface area contributed by atoms with Gasteiger partial charge in [0.25, 0.3) is 5.91 Å². The van der Waals surface area contributed by atoms with Gasteiger partial charge in [0.1, 0.15) is 0 Å². The second-order valence-electron chi connectivity index (χ2n) is 9.19. The molecule has 31 heavy (non-hydrogen) atoms. The number of carbonyl (C=O) groups is 1. The van der Waals surface area contributed by atoms with Crippen LogP contribution in [0.4, 0.5) is 13.2 Å². The van der Waals surface area contributed by atoms with Crippen LogP contribution in [0.5, 0.6) is 0 Å². The smallest absolute Gasteiger partial charge is 0.376 e. The Kier molecular flexibility index (Phi) is 5.99. The number of amides is 1. The average molecular weight is 435 g/mol. The van der Waals surface area contributed by atoms with Gasteiger partial charge in [-0.05, 0) is 81.6 Å². The van der Waals surface area contributed by atoms with E-state index in [1.54, 1.807) is 0 Å². The van der Waals surface area contributed by atoms with E-state index < -0.39 is 11.8 Å². The predicted octanol–water partition coefficient (Wildman–Crippen LogP) is 5.02. The van der Waals surface area contributed by atoms with Crippen LogP contribution in [0.25, 0.3) is 0 Å². The van der Waals surface area contributed by atoms with E-state index in [2.05, 4.69) is 11.1 Å². The van der Waals surface area contributed by atoms with Crippen molar-refractivity contribution < 1.29 is 23.1 Å². The SMILES string of the molecule is C[C@](O)(c1ccc(C(=O)N(C2CC2)[C@H]2CC[C@H](C3CC=CC=N3)CC2)cc1)C(F)(F)F. The zero-order chi connectivity index (χ0) is 22.2. The maximum absolute atomic E-state index is 13.3. The fourth-order valence-corrected chi connectivity index (χ4v) is 4.81. The van der Waals surface area contributed by atoms with Gasteiger partial charge in [-0.25, -0.2) is 0 Å². The molecule has 0 saturated heterocycles. The highest BCUT2D eigenvalue weighted by Gasteiger charge is 2.51. The number of rotatable bonds is 5. The van der Waals surface area contributed by atoms with Gasteiger partial charge >= 0.3 is 6.18 Å². The minimum Gasteiger partial charge on any atom is -0.376 e. The van der Waals surface area contributed by atoms with Crippen LogP contribution in [0, 0.1) is 5.92 Å². The van der Waals surface area contributed by atoms with Crippen molar-refractivity contribution in [2.75, 3.05) is 0 Å². The summed E-state index contributed by atoms with van der Waals surface area (Å²) in [4.78, 5) is 19.9. The number of halogens is 3. The first-order valence-electron chi connectivity index (χ1n) is 11.1. The topological polar surface area (TPSA) is 52.9 Å². The standard InChI is InChI=1S/C24H29F3N2O2/c1-23(31,24(25,26)27)18-9-5-17(6-10-18)22(30)29(20-13-14-20)19-11-7-16(8-12-19)21-4-2-3-15-28-21/h2-3,5-6,9-10,15-16,19-21,31H,4,7-8,11-14H2,1H3/t16-,19-,21?,23-/m0/s1. The first-order chi connectivity index (χ1) is 14.7. The van der Waals surface area contributed by atoms with Crippen molar-refractivity contribution in [3.05, 3.63) is 47.5 Å². The summed E-state index contributed by atoms with van der Waals surface area (Å²) < 4.78 is 39.3. The molecule has 7 heteroatoms. The van der Waals surface area contributed by atoms with Crippen molar-refractivity contribution in [3.63, 3.8) is 0 Å². The molecular formula is C24H29F3N2O2. The molecule has 4 nitrogen and oxygen atoms in total. The van der Waals surface area contributed by atoms with Crippen molar-refractivity contribution in [1.82, 2.24) is 4.90 Å². The zero-order valence-corrected chi connectivity index (χ0v) is 17.7. The Morgan fingerprint density at radius 2 is 1.61 bits per heavy atom. The number of benzene rings is 1. The highest BCUT2D eigenvalue weighted by molar-refractivity contribution is 5.95. The third kappa shape index (κ3) is 4.56. The molecule has 0 bridgehead atoms. The molecule has 1 heterocycles. The second kappa shape index (κ2) is 8.41. The number of dihydropyridines is 1. The van der Waals surface area contributed by atoms with E-state index in [-0.39, 0.29) is 23.6 Å². The molecule has 1 unspecified atom stereocenters. The van der Waals surface area contributed by atoms with E-state index in [4.69, 9.17) is 0 Å². The van der Waals surface area contributed by atoms with Crippen LogP contribution in [-0.4, -0.2) is 46.4 Å². The normalized spacial score (nSPS) is 28.2. The number of nitrogens with zero attached hydrogens (tertiary/aromatic N) is 2. The maximum atomic E-state index is 13.3. The number of hydrogen-bond donors (Lipinski definition) is 1. The van der Waals surface area contributed by atoms with Gasteiger partial charge in [0.15, 0.2) is 5.60 Å². The van der Waals surface area contributed by atoms with Gasteiger partial charge in [-0.1, -0.05) is 18.2 Å². The predicted molar refractivity (Wildman–Crippen MR) is 113 cm³/mol. The fraction of sp³-hybridized carbons (Fsp3) is 0.583. The highest BCUT2D eigenvalue weighted by atomic mass is 19.4. The molecule has 1 aromatic carbocycles. The van der Waals surface area contributed by atoms with Crippen molar-refractivity contribution in [2.45, 2.75) is 81.8 Å². The summed E-state index contributed by atoms with van der Waals surface area (Å²) >= 11 is 0. The lowest BCUT2D eigenvalue weighted by Crippen LogP contribution is -2.44. The monoisotopic (exact) mass is 434 g/mol. The summed E-state index contributed by atoms with van der Waals surface area (Å²) in [7, 11) is 0. The Bertz CT molecular complexity index is 849. The molecule has 0 radical (unpaired) electrons. The zero-order valence-electron chi connectivity index (χ0n) is 17.7. The lowest BCUT2D eigenvalue weighted by atomic mass is 9.79.